The van der Waals surface area contributed by atoms with Crippen LogP contribution in [0.15, 0.2) is 70.5 Å². The molecule has 1 aliphatic heterocycles. The molecule has 0 unspecified atom stereocenters. The first-order valence-corrected chi connectivity index (χ1v) is 9.38. The van der Waals surface area contributed by atoms with Gasteiger partial charge in [0.05, 0.1) is 5.92 Å². The number of fused-ring (bicyclic) bond motifs is 3. The van der Waals surface area contributed by atoms with Gasteiger partial charge in [-0.25, -0.2) is 0 Å². The van der Waals surface area contributed by atoms with Crippen molar-refractivity contribution in [2.45, 2.75) is 5.92 Å². The van der Waals surface area contributed by atoms with Gasteiger partial charge in [0.2, 0.25) is 5.88 Å². The van der Waals surface area contributed by atoms with Crippen molar-refractivity contribution >= 4 is 26.7 Å². The van der Waals surface area contributed by atoms with Crippen LogP contribution in [0.3, 0.4) is 0 Å². The molecule has 3 aromatic carbocycles. The molecule has 0 aliphatic carbocycles. The van der Waals surface area contributed by atoms with Gasteiger partial charge in [-0.3, -0.25) is 0 Å². The fourth-order valence-electron chi connectivity index (χ4n) is 3.50. The van der Waals surface area contributed by atoms with Crippen LogP contribution in [-0.4, -0.2) is 6.61 Å². The second kappa shape index (κ2) is 7.31. The molecular weight excluding hydrogens is 416 g/mol. The molecule has 5 heteroatoms. The van der Waals surface area contributed by atoms with Crippen LogP contribution < -0.4 is 15.2 Å². The molecule has 3 aromatic rings. The average molecular weight is 431 g/mol. The highest BCUT2D eigenvalue weighted by Crippen LogP contribution is 2.47. The van der Waals surface area contributed by atoms with E-state index in [0.717, 1.165) is 26.4 Å². The maximum Gasteiger partial charge on any atom is 0.205 e. The summed E-state index contributed by atoms with van der Waals surface area (Å²) in [6.07, 6.45) is 5.36. The first-order valence-electron chi connectivity index (χ1n) is 8.59. The van der Waals surface area contributed by atoms with Crippen molar-refractivity contribution in [2.75, 3.05) is 6.61 Å². The molecule has 0 fully saturated rings. The molecule has 1 heterocycles. The van der Waals surface area contributed by atoms with Gasteiger partial charge in [-0.05, 0) is 23.6 Å². The number of hydrogen-bond donors (Lipinski definition) is 1. The highest BCUT2D eigenvalue weighted by atomic mass is 79.9. The van der Waals surface area contributed by atoms with Gasteiger partial charge in [0.25, 0.3) is 0 Å². The third kappa shape index (κ3) is 2.97. The number of nitrogens with zero attached hydrogens (tertiary/aromatic N) is 1. The second-order valence-corrected chi connectivity index (χ2v) is 7.22. The maximum absolute atomic E-state index is 9.82. The second-order valence-electron chi connectivity index (χ2n) is 6.30. The molecule has 1 aliphatic rings. The first-order chi connectivity index (χ1) is 13.6. The highest BCUT2D eigenvalue weighted by Gasteiger charge is 2.33. The number of terminal acetylenes is 1. The molecule has 2 N–H and O–H groups in total. The van der Waals surface area contributed by atoms with Crippen molar-refractivity contribution in [1.82, 2.24) is 0 Å². The number of ether oxygens (including phenoxy) is 2. The summed E-state index contributed by atoms with van der Waals surface area (Å²) in [6, 6.07) is 19.7. The zero-order chi connectivity index (χ0) is 19.7. The van der Waals surface area contributed by atoms with Gasteiger partial charge in [0.1, 0.15) is 29.7 Å². The van der Waals surface area contributed by atoms with Crippen LogP contribution in [0.4, 0.5) is 0 Å². The Labute approximate surface area is 171 Å². The number of rotatable bonds is 3. The normalized spacial score (nSPS) is 15.3. The van der Waals surface area contributed by atoms with Crippen LogP contribution in [0.1, 0.15) is 17.0 Å². The number of allylic oxidation sites excluding steroid dienone is 1. The Morgan fingerprint density at radius 1 is 1.14 bits per heavy atom. The fraction of sp³-hybridized carbons (Fsp3) is 0.0870. The predicted molar refractivity (Wildman–Crippen MR) is 112 cm³/mol. The van der Waals surface area contributed by atoms with Gasteiger partial charge in [0, 0.05) is 21.0 Å². The third-order valence-electron chi connectivity index (χ3n) is 4.70. The fourth-order valence-corrected chi connectivity index (χ4v) is 3.88. The summed E-state index contributed by atoms with van der Waals surface area (Å²) in [5.74, 6) is 3.41. The smallest absolute Gasteiger partial charge is 0.205 e. The summed E-state index contributed by atoms with van der Waals surface area (Å²) < 4.78 is 12.5. The molecule has 0 amide bonds. The van der Waals surface area contributed by atoms with Crippen molar-refractivity contribution in [3.8, 4) is 29.9 Å². The Balaban J connectivity index is 2.00. The summed E-state index contributed by atoms with van der Waals surface area (Å²) in [6.45, 7) is 0.128. The van der Waals surface area contributed by atoms with Crippen LogP contribution in [-0.2, 0) is 0 Å². The van der Waals surface area contributed by atoms with Crippen molar-refractivity contribution in [1.29, 1.82) is 5.26 Å². The summed E-state index contributed by atoms with van der Waals surface area (Å²) in [7, 11) is 0. The van der Waals surface area contributed by atoms with Crippen LogP contribution in [0.5, 0.6) is 11.5 Å². The summed E-state index contributed by atoms with van der Waals surface area (Å²) in [5.41, 5.74) is 8.15. The molecule has 0 aromatic heterocycles. The largest absolute Gasteiger partial charge is 0.481 e. The number of nitrogens with two attached hydrogens (primary N) is 1. The lowest BCUT2D eigenvalue weighted by atomic mass is 9.82. The zero-order valence-corrected chi connectivity index (χ0v) is 16.4. The minimum Gasteiger partial charge on any atom is -0.481 e. The van der Waals surface area contributed by atoms with E-state index in [2.05, 4.69) is 27.9 Å². The van der Waals surface area contributed by atoms with E-state index in [4.69, 9.17) is 21.6 Å². The van der Waals surface area contributed by atoms with E-state index in [1.807, 2.05) is 54.6 Å². The lowest BCUT2D eigenvalue weighted by Gasteiger charge is -2.28. The molecular formula is C23H15BrN2O2. The maximum atomic E-state index is 9.82. The van der Waals surface area contributed by atoms with Gasteiger partial charge in [0.15, 0.2) is 0 Å². The van der Waals surface area contributed by atoms with E-state index in [1.165, 1.54) is 0 Å². The lowest BCUT2D eigenvalue weighted by molar-refractivity contribution is 0.362. The number of halogens is 1. The van der Waals surface area contributed by atoms with Gasteiger partial charge in [-0.15, -0.1) is 6.42 Å². The molecule has 4 nitrogen and oxygen atoms in total. The quantitative estimate of drug-likeness (QED) is 0.603. The first kappa shape index (κ1) is 18.0. The minimum atomic E-state index is -0.427. The summed E-state index contributed by atoms with van der Waals surface area (Å²) in [5, 5.41) is 11.8. The molecule has 4 rings (SSSR count). The van der Waals surface area contributed by atoms with E-state index in [1.54, 1.807) is 0 Å². The van der Waals surface area contributed by atoms with E-state index in [-0.39, 0.29) is 12.5 Å². The van der Waals surface area contributed by atoms with E-state index in [9.17, 15) is 5.26 Å². The van der Waals surface area contributed by atoms with Crippen molar-refractivity contribution in [3.63, 3.8) is 0 Å². The Morgan fingerprint density at radius 3 is 2.75 bits per heavy atom. The number of benzene rings is 3. The van der Waals surface area contributed by atoms with Crippen LogP contribution in [0.25, 0.3) is 10.8 Å². The molecule has 0 radical (unpaired) electrons. The van der Waals surface area contributed by atoms with Crippen molar-refractivity contribution in [2.24, 2.45) is 5.73 Å². The molecule has 1 atom stereocenters. The van der Waals surface area contributed by atoms with E-state index < -0.39 is 5.92 Å². The van der Waals surface area contributed by atoms with Crippen molar-refractivity contribution in [3.05, 3.63) is 81.7 Å². The van der Waals surface area contributed by atoms with Crippen molar-refractivity contribution < 1.29 is 9.47 Å². The standard InChI is InChI=1S/C23H15BrN2O2/c1-2-11-27-20-10-8-15(24)12-18(20)21-17-9-7-14-5-3-4-6-16(14)22(17)28-23(26)19(21)13-25/h1,3-10,12,21H,11,26H2/t21-/m0/s1. The van der Waals surface area contributed by atoms with Gasteiger partial charge < -0.3 is 15.2 Å². The molecule has 0 saturated heterocycles. The van der Waals surface area contributed by atoms with Gasteiger partial charge >= 0.3 is 0 Å². The molecule has 136 valence electrons. The Hall–Kier alpha value is -3.41. The number of hydrogen-bond acceptors (Lipinski definition) is 4. The minimum absolute atomic E-state index is 0.0965. The van der Waals surface area contributed by atoms with Gasteiger partial charge in [-0.1, -0.05) is 58.2 Å². The number of nitriles is 1. The molecule has 0 spiro atoms. The predicted octanol–water partition coefficient (Wildman–Crippen LogP) is 4.83. The Kier molecular flexibility index (Phi) is 4.69. The van der Waals surface area contributed by atoms with Crippen LogP contribution >= 0.6 is 15.9 Å². The molecule has 28 heavy (non-hydrogen) atoms. The third-order valence-corrected chi connectivity index (χ3v) is 5.19. The SMILES string of the molecule is C#CCOc1ccc(Br)cc1[C@H]1C(C#N)=C(N)Oc2c1ccc1ccccc21. The molecule has 0 saturated carbocycles. The molecule has 0 bridgehead atoms. The van der Waals surface area contributed by atoms with E-state index >= 15 is 0 Å². The lowest BCUT2D eigenvalue weighted by Crippen LogP contribution is -2.21. The monoisotopic (exact) mass is 430 g/mol. The zero-order valence-electron chi connectivity index (χ0n) is 14.8. The topological polar surface area (TPSA) is 68.3 Å². The Morgan fingerprint density at radius 2 is 1.96 bits per heavy atom. The summed E-state index contributed by atoms with van der Waals surface area (Å²) in [4.78, 5) is 0. The van der Waals surface area contributed by atoms with Crippen LogP contribution in [0, 0.1) is 23.7 Å². The highest BCUT2D eigenvalue weighted by molar-refractivity contribution is 9.10. The van der Waals surface area contributed by atoms with Gasteiger partial charge in [-0.2, -0.15) is 5.26 Å². The van der Waals surface area contributed by atoms with E-state index in [0.29, 0.717) is 17.1 Å². The Bertz CT molecular complexity index is 1200. The van der Waals surface area contributed by atoms with Crippen LogP contribution in [0.2, 0.25) is 0 Å². The summed E-state index contributed by atoms with van der Waals surface area (Å²) >= 11 is 3.51. The average Bonchev–Trinajstić information content (AvgIpc) is 2.71.